The van der Waals surface area contributed by atoms with E-state index in [4.69, 9.17) is 0 Å². The molecule has 0 fully saturated rings. The van der Waals surface area contributed by atoms with Gasteiger partial charge in [0.05, 0.1) is 11.7 Å². The van der Waals surface area contributed by atoms with Gasteiger partial charge in [0.15, 0.2) is 0 Å². The summed E-state index contributed by atoms with van der Waals surface area (Å²) in [6.45, 7) is 1.71. The maximum Gasteiger partial charge on any atom is 0.418 e. The van der Waals surface area contributed by atoms with Gasteiger partial charge in [0.2, 0.25) is 0 Å². The Kier molecular flexibility index (Phi) is 3.60. The van der Waals surface area contributed by atoms with Crippen LogP contribution in [-0.2, 0) is 6.18 Å². The smallest absolute Gasteiger partial charge is 0.388 e. The summed E-state index contributed by atoms with van der Waals surface area (Å²) in [7, 11) is 0. The van der Waals surface area contributed by atoms with Gasteiger partial charge in [-0.15, -0.1) is 11.3 Å². The molecule has 0 bridgehead atoms. The molecule has 0 saturated heterocycles. The van der Waals surface area contributed by atoms with Gasteiger partial charge in [-0.2, -0.15) is 13.2 Å². The minimum Gasteiger partial charge on any atom is -0.388 e. The molecular weight excluding hydrogens is 281 g/mol. The van der Waals surface area contributed by atoms with E-state index in [2.05, 4.69) is 15.9 Å². The van der Waals surface area contributed by atoms with E-state index in [0.717, 1.165) is 16.7 Å². The van der Waals surface area contributed by atoms with Crippen molar-refractivity contribution in [3.8, 4) is 0 Å². The third-order valence-corrected chi connectivity index (χ3v) is 3.95. The first-order valence-corrected chi connectivity index (χ1v) is 5.57. The second-order valence-corrected chi connectivity index (χ2v) is 4.45. The molecule has 6 heteroatoms. The quantitative estimate of drug-likeness (QED) is 0.873. The average Bonchev–Trinajstić information content (AvgIpc) is 2.45. The first-order valence-electron chi connectivity index (χ1n) is 3.90. The van der Waals surface area contributed by atoms with E-state index in [-0.39, 0.29) is 4.47 Å². The van der Waals surface area contributed by atoms with Crippen molar-refractivity contribution in [2.75, 3.05) is 0 Å². The highest BCUT2D eigenvalue weighted by atomic mass is 79.9. The molecule has 1 atom stereocenters. The average molecular weight is 289 g/mol. The Balaban J connectivity index is 3.09. The molecule has 0 amide bonds. The van der Waals surface area contributed by atoms with Gasteiger partial charge in [0.25, 0.3) is 0 Å². The maximum atomic E-state index is 12.3. The number of hydrogen-bond donors (Lipinski definition) is 1. The zero-order chi connectivity index (χ0) is 10.9. The zero-order valence-corrected chi connectivity index (χ0v) is 9.63. The lowest BCUT2D eigenvalue weighted by Gasteiger charge is -2.07. The van der Waals surface area contributed by atoms with Gasteiger partial charge in [-0.1, -0.05) is 6.92 Å². The van der Waals surface area contributed by atoms with E-state index in [9.17, 15) is 18.3 Å². The van der Waals surface area contributed by atoms with Gasteiger partial charge < -0.3 is 5.11 Å². The van der Waals surface area contributed by atoms with Crippen molar-refractivity contribution in [1.82, 2.24) is 0 Å². The van der Waals surface area contributed by atoms with E-state index >= 15 is 0 Å². The third kappa shape index (κ3) is 2.29. The van der Waals surface area contributed by atoms with Crippen LogP contribution in [0.15, 0.2) is 9.85 Å². The van der Waals surface area contributed by atoms with Crippen LogP contribution in [0, 0.1) is 0 Å². The van der Waals surface area contributed by atoms with Crippen molar-refractivity contribution in [1.29, 1.82) is 0 Å². The standard InChI is InChI=1S/C8H8BrF3OS/c1-2-5(13)7-6(9)4(3-14-7)8(10,11)12/h3,5,13H,2H2,1H3/t5-/m1/s1. The van der Waals surface area contributed by atoms with Crippen molar-refractivity contribution in [2.45, 2.75) is 25.6 Å². The summed E-state index contributed by atoms with van der Waals surface area (Å²) in [5.74, 6) is 0. The van der Waals surface area contributed by atoms with Gasteiger partial charge in [0.1, 0.15) is 0 Å². The molecule has 0 aliphatic rings. The molecule has 0 saturated carbocycles. The lowest BCUT2D eigenvalue weighted by atomic mass is 10.2. The van der Waals surface area contributed by atoms with Crippen LogP contribution in [0.25, 0.3) is 0 Å². The van der Waals surface area contributed by atoms with Gasteiger partial charge in [-0.25, -0.2) is 0 Å². The lowest BCUT2D eigenvalue weighted by molar-refractivity contribution is -0.137. The molecule has 0 radical (unpaired) electrons. The van der Waals surface area contributed by atoms with Gasteiger partial charge in [-0.05, 0) is 22.4 Å². The Labute approximate surface area is 91.7 Å². The Hall–Kier alpha value is -0.0700. The fourth-order valence-electron chi connectivity index (χ4n) is 0.960. The molecule has 1 nitrogen and oxygen atoms in total. The summed E-state index contributed by atoms with van der Waals surface area (Å²) < 4.78 is 36.9. The molecule has 1 rings (SSSR count). The van der Waals surface area contributed by atoms with Crippen LogP contribution in [0.3, 0.4) is 0 Å². The predicted octanol–water partition coefficient (Wildman–Crippen LogP) is 3.97. The molecule has 0 spiro atoms. The number of rotatable bonds is 2. The molecule has 0 unspecified atom stereocenters. The van der Waals surface area contributed by atoms with Crippen molar-refractivity contribution in [3.63, 3.8) is 0 Å². The van der Waals surface area contributed by atoms with Crippen molar-refractivity contribution >= 4 is 27.3 Å². The summed E-state index contributed by atoms with van der Waals surface area (Å²) in [4.78, 5) is 0.333. The number of alkyl halides is 3. The second-order valence-electron chi connectivity index (χ2n) is 2.75. The van der Waals surface area contributed by atoms with E-state index in [0.29, 0.717) is 11.3 Å². The highest BCUT2D eigenvalue weighted by Crippen LogP contribution is 2.42. The molecular formula is C8H8BrF3OS. The van der Waals surface area contributed by atoms with E-state index < -0.39 is 17.8 Å². The summed E-state index contributed by atoms with van der Waals surface area (Å²) >= 11 is 3.78. The number of aliphatic hydroxyl groups excluding tert-OH is 1. The topological polar surface area (TPSA) is 20.2 Å². The molecule has 1 N–H and O–H groups in total. The van der Waals surface area contributed by atoms with E-state index in [1.165, 1.54) is 0 Å². The van der Waals surface area contributed by atoms with Crippen LogP contribution in [0.5, 0.6) is 0 Å². The largest absolute Gasteiger partial charge is 0.418 e. The first-order chi connectivity index (χ1) is 6.38. The third-order valence-electron chi connectivity index (χ3n) is 1.75. The fourth-order valence-corrected chi connectivity index (χ4v) is 3.03. The summed E-state index contributed by atoms with van der Waals surface area (Å²) in [6.07, 6.45) is -4.79. The van der Waals surface area contributed by atoms with Gasteiger partial charge in [-0.3, -0.25) is 0 Å². The second kappa shape index (κ2) is 4.20. The summed E-state index contributed by atoms with van der Waals surface area (Å²) in [5.41, 5.74) is -0.718. The number of halogens is 4. The Morgan fingerprint density at radius 2 is 2.14 bits per heavy atom. The molecule has 0 aromatic carbocycles. The predicted molar refractivity (Wildman–Crippen MR) is 52.3 cm³/mol. The monoisotopic (exact) mass is 288 g/mol. The molecule has 1 aromatic rings. The Bertz CT molecular complexity index is 321. The van der Waals surface area contributed by atoms with Crippen LogP contribution in [0.1, 0.15) is 29.9 Å². The van der Waals surface area contributed by atoms with E-state index in [1.807, 2.05) is 0 Å². The van der Waals surface area contributed by atoms with Crippen molar-refractivity contribution < 1.29 is 18.3 Å². The number of hydrogen-bond acceptors (Lipinski definition) is 2. The Morgan fingerprint density at radius 3 is 2.50 bits per heavy atom. The van der Waals surface area contributed by atoms with Gasteiger partial charge >= 0.3 is 6.18 Å². The lowest BCUT2D eigenvalue weighted by Crippen LogP contribution is -2.04. The normalized spacial score (nSPS) is 14.4. The van der Waals surface area contributed by atoms with Crippen LogP contribution in [0.2, 0.25) is 0 Å². The summed E-state index contributed by atoms with van der Waals surface area (Å²) in [5, 5.41) is 10.4. The first kappa shape index (κ1) is 12.0. The number of thiophene rings is 1. The highest BCUT2D eigenvalue weighted by molar-refractivity contribution is 9.10. The molecule has 14 heavy (non-hydrogen) atoms. The molecule has 0 aliphatic carbocycles. The molecule has 0 aliphatic heterocycles. The van der Waals surface area contributed by atoms with Crippen LogP contribution in [0.4, 0.5) is 13.2 Å². The fraction of sp³-hybridized carbons (Fsp3) is 0.500. The van der Waals surface area contributed by atoms with Gasteiger partial charge in [0, 0.05) is 14.7 Å². The van der Waals surface area contributed by atoms with Crippen molar-refractivity contribution in [2.24, 2.45) is 0 Å². The Morgan fingerprint density at radius 1 is 1.57 bits per heavy atom. The maximum absolute atomic E-state index is 12.3. The molecule has 1 heterocycles. The summed E-state index contributed by atoms with van der Waals surface area (Å²) in [6, 6.07) is 0. The highest BCUT2D eigenvalue weighted by Gasteiger charge is 2.35. The SMILES string of the molecule is CC[C@@H](O)c1scc(C(F)(F)F)c1Br. The minimum absolute atomic E-state index is 0.0376. The van der Waals surface area contributed by atoms with Crippen LogP contribution >= 0.6 is 27.3 Å². The van der Waals surface area contributed by atoms with E-state index in [1.54, 1.807) is 6.92 Å². The van der Waals surface area contributed by atoms with Crippen molar-refractivity contribution in [3.05, 3.63) is 20.3 Å². The number of aliphatic hydroxyl groups is 1. The zero-order valence-electron chi connectivity index (χ0n) is 7.23. The van der Waals surface area contributed by atoms with Crippen LogP contribution in [-0.4, -0.2) is 5.11 Å². The molecule has 80 valence electrons. The molecule has 1 aromatic heterocycles. The van der Waals surface area contributed by atoms with Crippen LogP contribution < -0.4 is 0 Å². The minimum atomic E-state index is -4.36.